The third-order valence-corrected chi connectivity index (χ3v) is 3.13. The van der Waals surface area contributed by atoms with Gasteiger partial charge in [-0.05, 0) is 35.4 Å². The second kappa shape index (κ2) is 4.34. The molecule has 0 aliphatic carbocycles. The average molecular weight is 269 g/mol. The van der Waals surface area contributed by atoms with Crippen LogP contribution in [-0.2, 0) is 7.05 Å². The summed E-state index contributed by atoms with van der Waals surface area (Å²) in [7, 11) is 1.59. The molecule has 0 unspecified atom stereocenters. The highest BCUT2D eigenvalue weighted by atomic mass is 16.4. The molecular weight excluding hydrogens is 258 g/mol. The van der Waals surface area contributed by atoms with Crippen molar-refractivity contribution in [1.29, 1.82) is 0 Å². The van der Waals surface area contributed by atoms with E-state index in [0.717, 1.165) is 11.1 Å². The number of aromatic nitrogens is 3. The number of hydrogen-bond donors (Lipinski definition) is 1. The van der Waals surface area contributed by atoms with Crippen LogP contribution in [0, 0.1) is 0 Å². The van der Waals surface area contributed by atoms with Gasteiger partial charge in [0, 0.05) is 13.2 Å². The molecule has 0 bridgehead atoms. The predicted octanol–water partition coefficient (Wildman–Crippen LogP) is 1.40. The molecule has 1 aromatic carbocycles. The largest absolute Gasteiger partial charge is 0.478 e. The zero-order chi connectivity index (χ0) is 14.3. The molecule has 0 radical (unpaired) electrons. The minimum absolute atomic E-state index is 0.219. The van der Waals surface area contributed by atoms with Crippen molar-refractivity contribution in [2.75, 3.05) is 0 Å². The molecule has 0 aliphatic heterocycles. The minimum atomic E-state index is -0.963. The summed E-state index contributed by atoms with van der Waals surface area (Å²) in [6, 6.07) is 10.1. The Labute approximate surface area is 113 Å². The molecule has 6 heteroatoms. The lowest BCUT2D eigenvalue weighted by molar-refractivity contribution is 0.0697. The number of rotatable bonds is 2. The van der Waals surface area contributed by atoms with Crippen molar-refractivity contribution >= 4 is 11.6 Å². The van der Waals surface area contributed by atoms with Gasteiger partial charge in [-0.2, -0.15) is 5.10 Å². The van der Waals surface area contributed by atoms with E-state index in [1.165, 1.54) is 21.2 Å². The van der Waals surface area contributed by atoms with E-state index >= 15 is 0 Å². The van der Waals surface area contributed by atoms with Gasteiger partial charge in [0.15, 0.2) is 5.65 Å². The maximum absolute atomic E-state index is 11.8. The standard InChI is InChI=1S/C14H11N3O3/c1-16-14(20)17-8-11(6-7-12(17)15-16)9-2-4-10(5-3-9)13(18)19/h2-8H,1H3,(H,18,19). The molecule has 0 spiro atoms. The van der Waals surface area contributed by atoms with Crippen molar-refractivity contribution in [3.63, 3.8) is 0 Å². The number of carboxylic acid groups (broad SMARTS) is 1. The third kappa shape index (κ3) is 1.87. The summed E-state index contributed by atoms with van der Waals surface area (Å²) < 4.78 is 2.73. The predicted molar refractivity (Wildman–Crippen MR) is 72.8 cm³/mol. The fourth-order valence-electron chi connectivity index (χ4n) is 2.06. The van der Waals surface area contributed by atoms with Gasteiger partial charge in [-0.25, -0.2) is 18.7 Å². The van der Waals surface area contributed by atoms with E-state index in [9.17, 15) is 9.59 Å². The molecule has 0 aliphatic rings. The van der Waals surface area contributed by atoms with Crippen LogP contribution in [-0.4, -0.2) is 25.3 Å². The Balaban J connectivity index is 2.12. The highest BCUT2D eigenvalue weighted by molar-refractivity contribution is 5.88. The van der Waals surface area contributed by atoms with Crippen molar-refractivity contribution in [2.24, 2.45) is 7.05 Å². The molecule has 2 aromatic heterocycles. The molecule has 0 atom stereocenters. The first-order valence-electron chi connectivity index (χ1n) is 5.95. The molecule has 100 valence electrons. The van der Waals surface area contributed by atoms with Crippen molar-refractivity contribution in [3.05, 3.63) is 58.6 Å². The Morgan fingerprint density at radius 2 is 1.75 bits per heavy atom. The van der Waals surface area contributed by atoms with E-state index < -0.39 is 5.97 Å². The number of hydrogen-bond acceptors (Lipinski definition) is 3. The number of benzene rings is 1. The molecule has 3 aromatic rings. The van der Waals surface area contributed by atoms with Crippen LogP contribution in [0.3, 0.4) is 0 Å². The van der Waals surface area contributed by atoms with Gasteiger partial charge in [0.2, 0.25) is 0 Å². The average Bonchev–Trinajstić information content (AvgIpc) is 2.74. The first-order chi connectivity index (χ1) is 9.56. The summed E-state index contributed by atoms with van der Waals surface area (Å²) in [6.45, 7) is 0. The van der Waals surface area contributed by atoms with Gasteiger partial charge in [-0.15, -0.1) is 0 Å². The van der Waals surface area contributed by atoms with Crippen molar-refractivity contribution in [1.82, 2.24) is 14.2 Å². The normalized spacial score (nSPS) is 10.8. The molecule has 3 rings (SSSR count). The molecular formula is C14H11N3O3. The number of pyridine rings is 1. The van der Waals surface area contributed by atoms with Crippen molar-refractivity contribution in [2.45, 2.75) is 0 Å². The van der Waals surface area contributed by atoms with Crippen LogP contribution < -0.4 is 5.69 Å². The topological polar surface area (TPSA) is 76.6 Å². The number of aryl methyl sites for hydroxylation is 1. The van der Waals surface area contributed by atoms with Gasteiger partial charge < -0.3 is 5.11 Å². The SMILES string of the molecule is Cn1nc2ccc(-c3ccc(C(=O)O)cc3)cn2c1=O. The molecule has 6 nitrogen and oxygen atoms in total. The van der Waals surface area contributed by atoms with Crippen molar-refractivity contribution < 1.29 is 9.90 Å². The molecule has 0 fully saturated rings. The summed E-state index contributed by atoms with van der Waals surface area (Å²) in [5, 5.41) is 12.9. The number of carboxylic acids is 1. The first-order valence-corrected chi connectivity index (χ1v) is 5.95. The summed E-state index contributed by atoms with van der Waals surface area (Å²) in [5.74, 6) is -0.963. The Morgan fingerprint density at radius 3 is 2.40 bits per heavy atom. The highest BCUT2D eigenvalue weighted by Gasteiger charge is 2.07. The molecule has 20 heavy (non-hydrogen) atoms. The third-order valence-electron chi connectivity index (χ3n) is 3.13. The second-order valence-electron chi connectivity index (χ2n) is 4.43. The van der Waals surface area contributed by atoms with Crippen LogP contribution >= 0.6 is 0 Å². The van der Waals surface area contributed by atoms with E-state index in [2.05, 4.69) is 5.10 Å². The second-order valence-corrected chi connectivity index (χ2v) is 4.43. The van der Waals surface area contributed by atoms with E-state index in [1.54, 1.807) is 31.4 Å². The maximum Gasteiger partial charge on any atom is 0.350 e. The van der Waals surface area contributed by atoms with Crippen LogP contribution in [0.2, 0.25) is 0 Å². The molecule has 0 saturated heterocycles. The monoisotopic (exact) mass is 269 g/mol. The molecule has 1 N–H and O–H groups in total. The lowest BCUT2D eigenvalue weighted by atomic mass is 10.1. The number of aromatic carboxylic acids is 1. The van der Waals surface area contributed by atoms with Crippen LogP contribution in [0.15, 0.2) is 47.4 Å². The highest BCUT2D eigenvalue weighted by Crippen LogP contribution is 2.19. The van der Waals surface area contributed by atoms with Crippen LogP contribution in [0.1, 0.15) is 10.4 Å². The quantitative estimate of drug-likeness (QED) is 0.763. The van der Waals surface area contributed by atoms with Crippen LogP contribution in [0.25, 0.3) is 16.8 Å². The summed E-state index contributed by atoms with van der Waals surface area (Å²) >= 11 is 0. The Morgan fingerprint density at radius 1 is 1.10 bits per heavy atom. The Kier molecular flexibility index (Phi) is 2.64. The minimum Gasteiger partial charge on any atom is -0.478 e. The van der Waals surface area contributed by atoms with E-state index in [4.69, 9.17) is 5.11 Å². The van der Waals surface area contributed by atoms with Crippen molar-refractivity contribution in [3.8, 4) is 11.1 Å². The zero-order valence-corrected chi connectivity index (χ0v) is 10.6. The Bertz CT molecular complexity index is 859. The van der Waals surface area contributed by atoms with E-state index in [1.807, 2.05) is 6.07 Å². The lowest BCUT2D eigenvalue weighted by Gasteiger charge is -2.02. The van der Waals surface area contributed by atoms with Gasteiger partial charge >= 0.3 is 11.7 Å². The van der Waals surface area contributed by atoms with Crippen LogP contribution in [0.5, 0.6) is 0 Å². The first kappa shape index (κ1) is 12.2. The van der Waals surface area contributed by atoms with Crippen LogP contribution in [0.4, 0.5) is 0 Å². The smallest absolute Gasteiger partial charge is 0.350 e. The van der Waals surface area contributed by atoms with Gasteiger partial charge in [-0.3, -0.25) is 0 Å². The number of carbonyl (C=O) groups is 1. The zero-order valence-electron chi connectivity index (χ0n) is 10.6. The van der Waals surface area contributed by atoms with Gasteiger partial charge in [0.05, 0.1) is 5.56 Å². The molecule has 0 saturated carbocycles. The summed E-state index contributed by atoms with van der Waals surface area (Å²) in [5.41, 5.74) is 2.25. The summed E-state index contributed by atoms with van der Waals surface area (Å²) in [6.07, 6.45) is 1.69. The van der Waals surface area contributed by atoms with E-state index in [-0.39, 0.29) is 11.3 Å². The number of nitrogens with zero attached hydrogens (tertiary/aromatic N) is 3. The van der Waals surface area contributed by atoms with E-state index in [0.29, 0.717) is 5.65 Å². The number of fused-ring (bicyclic) bond motifs is 1. The van der Waals surface area contributed by atoms with Gasteiger partial charge in [0.1, 0.15) is 0 Å². The fraction of sp³-hybridized carbons (Fsp3) is 0.0714. The Hall–Kier alpha value is -2.89. The maximum atomic E-state index is 11.8. The fourth-order valence-corrected chi connectivity index (χ4v) is 2.06. The molecule has 2 heterocycles. The lowest BCUT2D eigenvalue weighted by Crippen LogP contribution is -2.17. The molecule has 0 amide bonds. The van der Waals surface area contributed by atoms with Gasteiger partial charge in [0.25, 0.3) is 0 Å². The summed E-state index contributed by atoms with van der Waals surface area (Å²) in [4.78, 5) is 22.7. The van der Waals surface area contributed by atoms with Gasteiger partial charge in [-0.1, -0.05) is 12.1 Å².